The molecule has 1 aromatic carbocycles. The summed E-state index contributed by atoms with van der Waals surface area (Å²) in [5, 5.41) is 0. The molecule has 0 bridgehead atoms. The Morgan fingerprint density at radius 1 is 1.04 bits per heavy atom. The standard InChI is InChI=1S/C24H32O3/c1-22(2)14-26-24(27-15-22)12-10-21-20-7-5-16-13-17(25-4)6-8-18(16)19(20)9-11-23(21,24)3/h5-8,13,19-21H,9-12,14-15H2,1-4H3/t19-,20-,21+,23+/m1/s1. The molecule has 0 unspecified atom stereocenters. The van der Waals surface area contributed by atoms with Crippen LogP contribution < -0.4 is 4.74 Å². The van der Waals surface area contributed by atoms with Crippen LogP contribution in [0.25, 0.3) is 6.08 Å². The molecular formula is C24H32O3. The summed E-state index contributed by atoms with van der Waals surface area (Å²) in [4.78, 5) is 0. The van der Waals surface area contributed by atoms with E-state index in [1.54, 1.807) is 7.11 Å². The maximum atomic E-state index is 6.53. The van der Waals surface area contributed by atoms with Gasteiger partial charge in [0.25, 0.3) is 0 Å². The fourth-order valence-electron chi connectivity index (χ4n) is 6.34. The first-order valence-electron chi connectivity index (χ1n) is 10.5. The van der Waals surface area contributed by atoms with E-state index in [4.69, 9.17) is 14.2 Å². The van der Waals surface area contributed by atoms with Gasteiger partial charge in [0, 0.05) is 17.3 Å². The largest absolute Gasteiger partial charge is 0.497 e. The first kappa shape index (κ1) is 17.8. The minimum absolute atomic E-state index is 0.110. The van der Waals surface area contributed by atoms with Crippen molar-refractivity contribution in [2.24, 2.45) is 22.7 Å². The van der Waals surface area contributed by atoms with E-state index in [1.807, 2.05) is 0 Å². The van der Waals surface area contributed by atoms with Gasteiger partial charge in [-0.05, 0) is 60.3 Å². The summed E-state index contributed by atoms with van der Waals surface area (Å²) in [6, 6.07) is 6.59. The third kappa shape index (κ3) is 2.47. The summed E-state index contributed by atoms with van der Waals surface area (Å²) in [6.45, 7) is 8.53. The number of ether oxygens (including phenoxy) is 3. The molecule has 0 radical (unpaired) electrons. The zero-order valence-corrected chi connectivity index (χ0v) is 17.1. The molecule has 0 N–H and O–H groups in total. The summed E-state index contributed by atoms with van der Waals surface area (Å²) in [6.07, 6.45) is 9.42. The Labute approximate surface area is 163 Å². The quantitative estimate of drug-likeness (QED) is 0.664. The van der Waals surface area contributed by atoms with Gasteiger partial charge in [0.2, 0.25) is 0 Å². The Balaban J connectivity index is 1.46. The van der Waals surface area contributed by atoms with Crippen molar-refractivity contribution in [3.63, 3.8) is 0 Å². The summed E-state index contributed by atoms with van der Waals surface area (Å²) >= 11 is 0. The smallest absolute Gasteiger partial charge is 0.173 e. The fraction of sp³-hybridized carbons (Fsp3) is 0.667. The second-order valence-corrected chi connectivity index (χ2v) is 10.1. The highest BCUT2D eigenvalue weighted by Gasteiger charge is 2.64. The summed E-state index contributed by atoms with van der Waals surface area (Å²) in [5.41, 5.74) is 3.07. The number of methoxy groups -OCH3 is 1. The number of fused-ring (bicyclic) bond motifs is 6. The predicted octanol–water partition coefficient (Wildman–Crippen LogP) is 5.40. The van der Waals surface area contributed by atoms with Gasteiger partial charge >= 0.3 is 0 Å². The van der Waals surface area contributed by atoms with Gasteiger partial charge in [0.15, 0.2) is 5.79 Å². The Bertz CT molecular complexity index is 770. The SMILES string of the molecule is COc1ccc2c(c1)C=C[C@@H]1[C@@H]2CC[C@@]2(C)[C@H]1CCC21OCC(C)(C)CO1. The monoisotopic (exact) mass is 368 g/mol. The summed E-state index contributed by atoms with van der Waals surface area (Å²) in [7, 11) is 1.74. The van der Waals surface area contributed by atoms with Crippen molar-refractivity contribution in [1.29, 1.82) is 0 Å². The maximum absolute atomic E-state index is 6.53. The fourth-order valence-corrected chi connectivity index (χ4v) is 6.34. The molecule has 27 heavy (non-hydrogen) atoms. The molecule has 1 saturated heterocycles. The molecule has 1 heterocycles. The highest BCUT2D eigenvalue weighted by atomic mass is 16.7. The van der Waals surface area contributed by atoms with Crippen LogP contribution in [0, 0.1) is 22.7 Å². The van der Waals surface area contributed by atoms with Crippen LogP contribution in [0.5, 0.6) is 5.75 Å². The number of rotatable bonds is 1. The maximum Gasteiger partial charge on any atom is 0.173 e. The van der Waals surface area contributed by atoms with E-state index < -0.39 is 0 Å². The minimum Gasteiger partial charge on any atom is -0.497 e. The van der Waals surface area contributed by atoms with Crippen molar-refractivity contribution in [3.8, 4) is 5.75 Å². The van der Waals surface area contributed by atoms with E-state index in [0.29, 0.717) is 17.8 Å². The van der Waals surface area contributed by atoms with E-state index in [0.717, 1.165) is 25.4 Å². The lowest BCUT2D eigenvalue weighted by Crippen LogP contribution is -2.57. The molecule has 3 nitrogen and oxygen atoms in total. The molecule has 1 aliphatic heterocycles. The summed E-state index contributed by atoms with van der Waals surface area (Å²) < 4.78 is 18.5. The number of hydrogen-bond donors (Lipinski definition) is 0. The Kier molecular flexibility index (Phi) is 3.84. The molecule has 4 atom stereocenters. The predicted molar refractivity (Wildman–Crippen MR) is 107 cm³/mol. The van der Waals surface area contributed by atoms with E-state index >= 15 is 0 Å². The van der Waals surface area contributed by atoms with Crippen molar-refractivity contribution in [2.45, 2.75) is 58.2 Å². The van der Waals surface area contributed by atoms with Gasteiger partial charge in [-0.25, -0.2) is 0 Å². The van der Waals surface area contributed by atoms with Crippen molar-refractivity contribution >= 4 is 6.08 Å². The zero-order valence-electron chi connectivity index (χ0n) is 17.1. The Hall–Kier alpha value is -1.32. The second kappa shape index (κ2) is 5.84. The molecule has 5 rings (SSSR count). The van der Waals surface area contributed by atoms with Gasteiger partial charge < -0.3 is 14.2 Å². The van der Waals surface area contributed by atoms with Crippen LogP contribution in [0.4, 0.5) is 0 Å². The van der Waals surface area contributed by atoms with E-state index in [-0.39, 0.29) is 16.6 Å². The van der Waals surface area contributed by atoms with Crippen molar-refractivity contribution in [2.75, 3.05) is 20.3 Å². The molecule has 1 spiro atoms. The van der Waals surface area contributed by atoms with Gasteiger partial charge in [-0.2, -0.15) is 0 Å². The Morgan fingerprint density at radius 2 is 1.81 bits per heavy atom. The van der Waals surface area contributed by atoms with Crippen LogP contribution in [0.1, 0.15) is 63.5 Å². The molecule has 4 aliphatic rings. The topological polar surface area (TPSA) is 27.7 Å². The van der Waals surface area contributed by atoms with Crippen molar-refractivity contribution in [1.82, 2.24) is 0 Å². The number of allylic oxidation sites excluding steroid dienone is 1. The normalized spacial score (nSPS) is 38.1. The van der Waals surface area contributed by atoms with Crippen LogP contribution in [0.3, 0.4) is 0 Å². The van der Waals surface area contributed by atoms with Crippen LogP contribution in [0.2, 0.25) is 0 Å². The average molecular weight is 369 g/mol. The molecule has 146 valence electrons. The first-order chi connectivity index (χ1) is 12.9. The van der Waals surface area contributed by atoms with Gasteiger partial charge in [0.05, 0.1) is 20.3 Å². The lowest BCUT2D eigenvalue weighted by molar-refractivity contribution is -0.344. The lowest BCUT2D eigenvalue weighted by Gasteiger charge is -2.55. The van der Waals surface area contributed by atoms with Crippen LogP contribution in [0.15, 0.2) is 24.3 Å². The highest BCUT2D eigenvalue weighted by molar-refractivity contribution is 5.61. The molecule has 3 aliphatic carbocycles. The third-order valence-electron chi connectivity index (χ3n) is 7.96. The average Bonchev–Trinajstić information content (AvgIpc) is 2.96. The first-order valence-corrected chi connectivity index (χ1v) is 10.5. The molecule has 0 amide bonds. The van der Waals surface area contributed by atoms with Crippen LogP contribution in [-0.4, -0.2) is 26.1 Å². The van der Waals surface area contributed by atoms with E-state index in [2.05, 4.69) is 51.1 Å². The second-order valence-electron chi connectivity index (χ2n) is 10.1. The molecule has 3 fully saturated rings. The molecule has 2 saturated carbocycles. The van der Waals surface area contributed by atoms with Gasteiger partial charge in [0.1, 0.15) is 5.75 Å². The molecule has 3 heteroatoms. The Morgan fingerprint density at radius 3 is 2.56 bits per heavy atom. The third-order valence-corrected chi connectivity index (χ3v) is 7.96. The highest BCUT2D eigenvalue weighted by Crippen LogP contribution is 2.65. The van der Waals surface area contributed by atoms with Gasteiger partial charge in [-0.3, -0.25) is 0 Å². The lowest BCUT2D eigenvalue weighted by atomic mass is 9.56. The van der Waals surface area contributed by atoms with Gasteiger partial charge in [-0.15, -0.1) is 0 Å². The summed E-state index contributed by atoms with van der Waals surface area (Å²) in [5.74, 6) is 2.41. The molecule has 0 aromatic heterocycles. The zero-order chi connectivity index (χ0) is 18.9. The number of hydrogen-bond acceptors (Lipinski definition) is 3. The van der Waals surface area contributed by atoms with Gasteiger partial charge in [-0.1, -0.05) is 39.0 Å². The molecule has 1 aromatic rings. The van der Waals surface area contributed by atoms with Crippen molar-refractivity contribution in [3.05, 3.63) is 35.4 Å². The van der Waals surface area contributed by atoms with E-state index in [9.17, 15) is 0 Å². The molecular weight excluding hydrogens is 336 g/mol. The minimum atomic E-state index is -0.369. The van der Waals surface area contributed by atoms with Crippen molar-refractivity contribution < 1.29 is 14.2 Å². The number of benzene rings is 1. The van der Waals surface area contributed by atoms with Crippen LogP contribution in [-0.2, 0) is 9.47 Å². The van der Waals surface area contributed by atoms with E-state index in [1.165, 1.54) is 30.4 Å². The van der Waals surface area contributed by atoms with Crippen LogP contribution >= 0.6 is 0 Å².